The number of ketones is 1. The molecule has 0 aromatic carbocycles. The predicted octanol–water partition coefficient (Wildman–Crippen LogP) is 3.62. The number of esters is 2. The van der Waals surface area contributed by atoms with Gasteiger partial charge in [0.1, 0.15) is 12.2 Å². The van der Waals surface area contributed by atoms with E-state index in [1.54, 1.807) is 32.9 Å². The molecular formula is C25H36O6. The summed E-state index contributed by atoms with van der Waals surface area (Å²) >= 11 is 0. The minimum Gasteiger partial charge on any atom is -0.457 e. The minimum atomic E-state index is -1.09. The first-order chi connectivity index (χ1) is 14.3. The van der Waals surface area contributed by atoms with E-state index in [9.17, 15) is 19.5 Å². The number of aliphatic hydroxyl groups is 1. The Balaban J connectivity index is 2.14. The molecule has 6 nitrogen and oxygen atoms in total. The summed E-state index contributed by atoms with van der Waals surface area (Å²) in [5, 5.41) is 11.5. The molecule has 8 atom stereocenters. The summed E-state index contributed by atoms with van der Waals surface area (Å²) in [5.74, 6) is -1.85. The fraction of sp³-hybridized carbons (Fsp3) is 0.720. The highest BCUT2D eigenvalue weighted by molar-refractivity contribution is 5.97. The molecule has 0 aromatic rings. The third-order valence-corrected chi connectivity index (χ3v) is 8.33. The van der Waals surface area contributed by atoms with Crippen molar-refractivity contribution in [3.63, 3.8) is 0 Å². The van der Waals surface area contributed by atoms with Gasteiger partial charge in [-0.1, -0.05) is 46.3 Å². The van der Waals surface area contributed by atoms with E-state index in [1.165, 1.54) is 0 Å². The number of allylic oxidation sites excluding steroid dienone is 3. The monoisotopic (exact) mass is 432 g/mol. The van der Waals surface area contributed by atoms with Crippen LogP contribution in [0.1, 0.15) is 61.8 Å². The highest BCUT2D eigenvalue weighted by Crippen LogP contribution is 2.72. The molecule has 0 aromatic heterocycles. The maximum atomic E-state index is 13.1. The Bertz CT molecular complexity index is 852. The second-order valence-corrected chi connectivity index (χ2v) is 10.4. The molecule has 0 aliphatic heterocycles. The van der Waals surface area contributed by atoms with Gasteiger partial charge in [-0.2, -0.15) is 0 Å². The van der Waals surface area contributed by atoms with E-state index in [0.717, 1.165) is 5.57 Å². The van der Waals surface area contributed by atoms with E-state index in [4.69, 9.17) is 9.47 Å². The van der Waals surface area contributed by atoms with Crippen molar-refractivity contribution in [3.05, 3.63) is 23.3 Å². The summed E-state index contributed by atoms with van der Waals surface area (Å²) in [5.41, 5.74) is -0.118. The smallest absolute Gasteiger partial charge is 0.333 e. The molecule has 4 unspecified atom stereocenters. The van der Waals surface area contributed by atoms with E-state index < -0.39 is 47.0 Å². The molecule has 4 aliphatic carbocycles. The van der Waals surface area contributed by atoms with Crippen LogP contribution in [0.15, 0.2) is 23.3 Å². The summed E-state index contributed by atoms with van der Waals surface area (Å²) in [4.78, 5) is 38.7. The third kappa shape index (κ3) is 3.29. The fourth-order valence-corrected chi connectivity index (χ4v) is 6.12. The van der Waals surface area contributed by atoms with Gasteiger partial charge in [0.05, 0.1) is 5.92 Å². The Kier molecular flexibility index (Phi) is 6.02. The lowest BCUT2D eigenvalue weighted by Crippen LogP contribution is -2.68. The highest BCUT2D eigenvalue weighted by atomic mass is 16.6. The Morgan fingerprint density at radius 3 is 2.35 bits per heavy atom. The number of fused-ring (bicyclic) bond motifs is 3. The summed E-state index contributed by atoms with van der Waals surface area (Å²) in [7, 11) is 0. The summed E-state index contributed by atoms with van der Waals surface area (Å²) in [6.45, 7) is 14.8. The molecule has 0 spiro atoms. The van der Waals surface area contributed by atoms with Gasteiger partial charge < -0.3 is 14.6 Å². The third-order valence-electron chi connectivity index (χ3n) is 8.33. The first-order valence-electron chi connectivity index (χ1n) is 11.3. The number of hydrogen-bond donors (Lipinski definition) is 1. The first kappa shape index (κ1) is 23.7. The summed E-state index contributed by atoms with van der Waals surface area (Å²) in [6, 6.07) is 0. The standard InChI is InChI=1S/C25H36O6/c1-9-12(3)22(28)30-19-20(27)24(6,7)18-16-14(5)11-15(26)17(18)25(16,8)21(19)31-23(29)13(4)10-2/h9,11,13,16-21,27H,10H2,1-8H3/b12-9-/t13?,16?,17?,18?,19-,20-,21-,25-/m1/s1. The van der Waals surface area contributed by atoms with Crippen molar-refractivity contribution in [2.75, 3.05) is 0 Å². The lowest BCUT2D eigenvalue weighted by molar-refractivity contribution is -0.216. The van der Waals surface area contributed by atoms with E-state index in [-0.39, 0.29) is 23.5 Å². The Hall–Kier alpha value is -1.95. The average Bonchev–Trinajstić information content (AvgIpc) is 2.78. The van der Waals surface area contributed by atoms with Gasteiger partial charge in [-0.15, -0.1) is 0 Å². The second kappa shape index (κ2) is 7.88. The van der Waals surface area contributed by atoms with Crippen LogP contribution in [0, 0.1) is 34.5 Å². The fourth-order valence-electron chi connectivity index (χ4n) is 6.12. The lowest BCUT2D eigenvalue weighted by atomic mass is 9.37. The molecule has 0 radical (unpaired) electrons. The molecule has 0 heterocycles. The number of rotatable bonds is 5. The van der Waals surface area contributed by atoms with E-state index in [0.29, 0.717) is 12.0 Å². The zero-order valence-electron chi connectivity index (χ0n) is 19.9. The van der Waals surface area contributed by atoms with Crippen LogP contribution in [0.2, 0.25) is 0 Å². The molecule has 6 heteroatoms. The molecule has 1 N–H and O–H groups in total. The molecule has 31 heavy (non-hydrogen) atoms. The maximum Gasteiger partial charge on any atom is 0.333 e. The molecule has 4 bridgehead atoms. The van der Waals surface area contributed by atoms with Gasteiger partial charge in [0.15, 0.2) is 11.9 Å². The minimum absolute atomic E-state index is 0.00558. The van der Waals surface area contributed by atoms with E-state index in [1.807, 2.05) is 34.6 Å². The highest BCUT2D eigenvalue weighted by Gasteiger charge is 2.76. The van der Waals surface area contributed by atoms with Crippen LogP contribution >= 0.6 is 0 Å². The second-order valence-electron chi connectivity index (χ2n) is 10.4. The summed E-state index contributed by atoms with van der Waals surface area (Å²) in [6.07, 6.45) is 0.855. The van der Waals surface area contributed by atoms with Gasteiger partial charge >= 0.3 is 11.9 Å². The Morgan fingerprint density at radius 1 is 1.23 bits per heavy atom. The molecule has 0 amide bonds. The maximum absolute atomic E-state index is 13.1. The van der Waals surface area contributed by atoms with Gasteiger partial charge in [0.25, 0.3) is 0 Å². The van der Waals surface area contributed by atoms with Crippen LogP contribution in [0.3, 0.4) is 0 Å². The van der Waals surface area contributed by atoms with E-state index in [2.05, 4.69) is 0 Å². The number of hydrogen-bond acceptors (Lipinski definition) is 6. The van der Waals surface area contributed by atoms with Crippen LogP contribution in [-0.2, 0) is 23.9 Å². The molecule has 3 saturated carbocycles. The van der Waals surface area contributed by atoms with Gasteiger partial charge in [0.2, 0.25) is 0 Å². The number of aliphatic hydroxyl groups excluding tert-OH is 1. The van der Waals surface area contributed by atoms with Crippen molar-refractivity contribution in [2.45, 2.75) is 80.1 Å². The van der Waals surface area contributed by atoms with Crippen molar-refractivity contribution in [3.8, 4) is 0 Å². The van der Waals surface area contributed by atoms with Crippen molar-refractivity contribution >= 4 is 17.7 Å². The van der Waals surface area contributed by atoms with Crippen molar-refractivity contribution in [1.29, 1.82) is 0 Å². The van der Waals surface area contributed by atoms with Crippen molar-refractivity contribution in [1.82, 2.24) is 0 Å². The zero-order chi connectivity index (χ0) is 23.5. The average molecular weight is 433 g/mol. The van der Waals surface area contributed by atoms with E-state index >= 15 is 0 Å². The predicted molar refractivity (Wildman–Crippen MR) is 116 cm³/mol. The van der Waals surface area contributed by atoms with Crippen molar-refractivity contribution in [2.24, 2.45) is 34.5 Å². The Labute approximate surface area is 185 Å². The SMILES string of the molecule is C/C=C(/C)C(=O)O[C@@H]1[C@@H](O)C(C)(C)C2C3C(=O)C=C(C)C2[C@@]3(C)[C@@H]1OC(=O)C(C)CC. The van der Waals surface area contributed by atoms with Gasteiger partial charge in [-0.3, -0.25) is 9.59 Å². The summed E-state index contributed by atoms with van der Waals surface area (Å²) < 4.78 is 11.9. The molecule has 3 fully saturated rings. The van der Waals surface area contributed by atoms with Crippen LogP contribution in [-0.4, -0.2) is 41.1 Å². The van der Waals surface area contributed by atoms with Crippen LogP contribution < -0.4 is 0 Å². The first-order valence-corrected chi connectivity index (χ1v) is 11.3. The lowest BCUT2D eigenvalue weighted by Gasteiger charge is -2.65. The quantitative estimate of drug-likeness (QED) is 0.527. The van der Waals surface area contributed by atoms with Crippen LogP contribution in [0.4, 0.5) is 0 Å². The van der Waals surface area contributed by atoms with Crippen LogP contribution in [0.25, 0.3) is 0 Å². The normalized spacial score (nSPS) is 39.6. The molecular weight excluding hydrogens is 396 g/mol. The Morgan fingerprint density at radius 2 is 1.84 bits per heavy atom. The van der Waals surface area contributed by atoms with Crippen LogP contribution in [0.5, 0.6) is 0 Å². The molecule has 4 rings (SSSR count). The van der Waals surface area contributed by atoms with Gasteiger partial charge in [0, 0.05) is 16.9 Å². The van der Waals surface area contributed by atoms with Crippen molar-refractivity contribution < 1.29 is 29.0 Å². The number of carbonyl (C=O) groups is 3. The van der Waals surface area contributed by atoms with Gasteiger partial charge in [-0.25, -0.2) is 4.79 Å². The molecule has 0 saturated heterocycles. The largest absolute Gasteiger partial charge is 0.457 e. The number of ether oxygens (including phenoxy) is 2. The van der Waals surface area contributed by atoms with Gasteiger partial charge in [-0.05, 0) is 50.5 Å². The zero-order valence-corrected chi connectivity index (χ0v) is 19.9. The number of carbonyl (C=O) groups excluding carboxylic acids is 3. The topological polar surface area (TPSA) is 89.9 Å². The molecule has 4 aliphatic rings. The molecule has 172 valence electrons.